The van der Waals surface area contributed by atoms with E-state index in [9.17, 15) is 19.2 Å². The smallest absolute Gasteiger partial charge is 0.245 e. The van der Waals surface area contributed by atoms with Crippen LogP contribution >= 0.6 is 0 Å². The van der Waals surface area contributed by atoms with E-state index < -0.39 is 18.0 Å². The summed E-state index contributed by atoms with van der Waals surface area (Å²) in [6, 6.07) is -1.44. The van der Waals surface area contributed by atoms with E-state index in [1.165, 1.54) is 180 Å². The molecule has 1 rings (SSSR count). The minimum Gasteiger partial charge on any atom is -0.370 e. The van der Waals surface area contributed by atoms with Crippen molar-refractivity contribution in [1.82, 2.24) is 15.5 Å². The molecule has 2 unspecified atom stereocenters. The number of rotatable bonds is 40. The van der Waals surface area contributed by atoms with Gasteiger partial charge in [-0.3, -0.25) is 19.2 Å². The normalized spacial score (nSPS) is 14.1. The summed E-state index contributed by atoms with van der Waals surface area (Å²) >= 11 is 0. The van der Waals surface area contributed by atoms with Gasteiger partial charge in [0.25, 0.3) is 0 Å². The van der Waals surface area contributed by atoms with E-state index >= 15 is 0 Å². The van der Waals surface area contributed by atoms with Gasteiger partial charge in [-0.1, -0.05) is 221 Å². The third kappa shape index (κ3) is 32.9. The van der Waals surface area contributed by atoms with Crippen LogP contribution < -0.4 is 16.4 Å². The molecule has 0 radical (unpaired) electrons. The summed E-state index contributed by atoms with van der Waals surface area (Å²) in [5.74, 6) is -1.12. The summed E-state index contributed by atoms with van der Waals surface area (Å²) in [6.45, 7) is 5.88. The van der Waals surface area contributed by atoms with Crippen molar-refractivity contribution in [3.8, 4) is 0 Å². The summed E-state index contributed by atoms with van der Waals surface area (Å²) < 4.78 is 0. The summed E-state index contributed by atoms with van der Waals surface area (Å²) in [6.07, 6.45) is 42.7. The van der Waals surface area contributed by atoms with Gasteiger partial charge in [0.1, 0.15) is 12.1 Å². The van der Waals surface area contributed by atoms with E-state index in [-0.39, 0.29) is 45.4 Å². The summed E-state index contributed by atoms with van der Waals surface area (Å²) in [5, 5.41) is 5.57. The van der Waals surface area contributed by atoms with Crippen molar-refractivity contribution in [1.29, 1.82) is 0 Å². The second-order valence-electron chi connectivity index (χ2n) is 16.7. The van der Waals surface area contributed by atoms with Gasteiger partial charge in [0.2, 0.25) is 23.6 Å². The van der Waals surface area contributed by atoms with Crippen molar-refractivity contribution in [3.05, 3.63) is 0 Å². The maximum absolute atomic E-state index is 13.9. The Balaban J connectivity index is 0. The Morgan fingerprint density at radius 3 is 1.20 bits per heavy atom. The molecule has 8 nitrogen and oxygen atoms in total. The molecule has 4 N–H and O–H groups in total. The van der Waals surface area contributed by atoms with Crippen LogP contribution in [-0.2, 0) is 19.2 Å². The number of nitrogens with two attached hydrogens (primary N) is 1. The average Bonchev–Trinajstić information content (AvgIpc) is 3.61. The van der Waals surface area contributed by atoms with Gasteiger partial charge in [-0.15, -0.1) is 0 Å². The molecule has 1 heterocycles. The molecule has 1 aliphatic rings. The van der Waals surface area contributed by atoms with Crippen molar-refractivity contribution >= 4 is 23.6 Å². The molecule has 0 aromatic heterocycles. The second-order valence-corrected chi connectivity index (χ2v) is 16.7. The van der Waals surface area contributed by atoms with Crippen molar-refractivity contribution < 1.29 is 19.2 Å². The van der Waals surface area contributed by atoms with Gasteiger partial charge in [0.05, 0.1) is 0 Å². The highest BCUT2D eigenvalue weighted by molar-refractivity contribution is 5.94. The monoisotopic (exact) mass is 793 g/mol. The number of amides is 4. The lowest BCUT2D eigenvalue weighted by molar-refractivity contribution is -0.137. The van der Waals surface area contributed by atoms with Gasteiger partial charge >= 0.3 is 0 Å². The van der Waals surface area contributed by atoms with E-state index in [1.54, 1.807) is 0 Å². The molecule has 1 saturated heterocycles. The van der Waals surface area contributed by atoms with Crippen LogP contribution in [0.1, 0.15) is 260 Å². The Kier molecular flexibility index (Phi) is 41.0. The molecule has 1 fully saturated rings. The van der Waals surface area contributed by atoms with Crippen LogP contribution in [-0.4, -0.2) is 53.7 Å². The molecule has 0 aromatic carbocycles. The Bertz CT molecular complexity index is 893. The van der Waals surface area contributed by atoms with E-state index in [1.807, 2.05) is 4.90 Å². The first-order chi connectivity index (χ1) is 26.4. The van der Waals surface area contributed by atoms with Gasteiger partial charge in [-0.05, 0) is 25.7 Å². The summed E-state index contributed by atoms with van der Waals surface area (Å²) in [5.41, 5.74) is 5.46. The van der Waals surface area contributed by atoms with Crippen molar-refractivity contribution in [2.45, 2.75) is 272 Å². The molecule has 2 atom stereocenters. The Hall–Kier alpha value is -2.12. The van der Waals surface area contributed by atoms with Crippen LogP contribution in [0.15, 0.2) is 0 Å². The lowest BCUT2D eigenvalue weighted by Gasteiger charge is -2.29. The maximum atomic E-state index is 13.9. The molecule has 332 valence electrons. The van der Waals surface area contributed by atoms with Crippen molar-refractivity contribution in [2.75, 3.05) is 13.1 Å². The Labute approximate surface area is 348 Å². The number of primary amides is 1. The molecule has 4 amide bonds. The number of nitrogens with one attached hydrogen (secondary N) is 2. The molecular weight excluding hydrogens is 697 g/mol. The first kappa shape index (κ1) is 56.0. The van der Waals surface area contributed by atoms with Crippen LogP contribution in [0, 0.1) is 0 Å². The van der Waals surface area contributed by atoms with Gasteiger partial charge < -0.3 is 21.3 Å². The number of carbonyl (C=O) groups is 4. The molecule has 0 bridgehead atoms. The fourth-order valence-corrected chi connectivity index (χ4v) is 7.88. The predicted molar refractivity (Wildman–Crippen MR) is 241 cm³/mol. The number of carbonyl (C=O) groups excluding carboxylic acids is 4. The van der Waals surface area contributed by atoms with E-state index in [2.05, 4.69) is 24.5 Å². The van der Waals surface area contributed by atoms with Crippen LogP contribution in [0.4, 0.5) is 0 Å². The molecule has 56 heavy (non-hydrogen) atoms. The third-order valence-electron chi connectivity index (χ3n) is 11.5. The average molecular weight is 793 g/mol. The maximum Gasteiger partial charge on any atom is 0.245 e. The highest BCUT2D eigenvalue weighted by Crippen LogP contribution is 2.17. The fourth-order valence-electron chi connectivity index (χ4n) is 7.88. The topological polar surface area (TPSA) is 122 Å². The van der Waals surface area contributed by atoms with Gasteiger partial charge in [0, 0.05) is 25.9 Å². The van der Waals surface area contributed by atoms with Crippen LogP contribution in [0.2, 0.25) is 0 Å². The number of hydrogen-bond acceptors (Lipinski definition) is 4. The molecule has 0 spiro atoms. The molecule has 1 aliphatic heterocycles. The standard InChI is InChI=1S/C46H88N4O4.2CH4/c1-3-5-7-9-11-13-15-17-19-21-23-25-27-29-31-33-39-50(40-34-32-30-28-26-24-22-20-18-16-14-12-10-8-6-4-2)46(54)42(35-37-43(47)51)49-45(53)41-36-38-44(52)48-41;;/h41-42H,3-40H2,1-2H3,(H2,47,51)(H,48,52)(H,49,53);2*1H4. The predicted octanol–water partition coefficient (Wildman–Crippen LogP) is 12.6. The first-order valence-corrected chi connectivity index (χ1v) is 23.6. The van der Waals surface area contributed by atoms with Gasteiger partial charge in [-0.2, -0.15) is 0 Å². The van der Waals surface area contributed by atoms with E-state index in [0.717, 1.165) is 25.7 Å². The number of nitrogens with zero attached hydrogens (tertiary/aromatic N) is 1. The summed E-state index contributed by atoms with van der Waals surface area (Å²) in [7, 11) is 0. The SMILES string of the molecule is C.C.CCCCCCCCCCCCCCCCCCN(CCCCCCCCCCCCCCCCCC)C(=O)C(CCC(N)=O)NC(=O)C1CCC(=O)N1. The van der Waals surface area contributed by atoms with Crippen LogP contribution in [0.25, 0.3) is 0 Å². The van der Waals surface area contributed by atoms with Crippen molar-refractivity contribution in [3.63, 3.8) is 0 Å². The van der Waals surface area contributed by atoms with E-state index in [4.69, 9.17) is 5.73 Å². The zero-order chi connectivity index (χ0) is 39.3. The first-order valence-electron chi connectivity index (χ1n) is 23.6. The van der Waals surface area contributed by atoms with Gasteiger partial charge in [-0.25, -0.2) is 0 Å². The Morgan fingerprint density at radius 1 is 0.589 bits per heavy atom. The van der Waals surface area contributed by atoms with Gasteiger partial charge in [0.15, 0.2) is 0 Å². The molecule has 0 saturated carbocycles. The quantitative estimate of drug-likeness (QED) is 0.0535. The molecule has 0 aromatic rings. The number of unbranched alkanes of at least 4 members (excludes halogenated alkanes) is 30. The van der Waals surface area contributed by atoms with Crippen LogP contribution in [0.3, 0.4) is 0 Å². The summed E-state index contributed by atoms with van der Waals surface area (Å²) in [4.78, 5) is 52.3. The van der Waals surface area contributed by atoms with Crippen LogP contribution in [0.5, 0.6) is 0 Å². The minimum atomic E-state index is -0.815. The second kappa shape index (κ2) is 41.1. The minimum absolute atomic E-state index is 0. The lowest BCUT2D eigenvalue weighted by atomic mass is 10.0. The molecule has 8 heteroatoms. The lowest BCUT2D eigenvalue weighted by Crippen LogP contribution is -2.53. The van der Waals surface area contributed by atoms with E-state index in [0.29, 0.717) is 25.9 Å². The number of hydrogen-bond donors (Lipinski definition) is 3. The zero-order valence-corrected chi connectivity index (χ0v) is 35.7. The highest BCUT2D eigenvalue weighted by atomic mass is 16.2. The highest BCUT2D eigenvalue weighted by Gasteiger charge is 2.32. The molecule has 0 aliphatic carbocycles. The largest absolute Gasteiger partial charge is 0.370 e. The Morgan fingerprint density at radius 2 is 0.911 bits per heavy atom. The zero-order valence-electron chi connectivity index (χ0n) is 35.7. The van der Waals surface area contributed by atoms with Crippen molar-refractivity contribution in [2.24, 2.45) is 5.73 Å². The molecular formula is C48H96N4O4. The third-order valence-corrected chi connectivity index (χ3v) is 11.5. The fraction of sp³-hybridized carbons (Fsp3) is 0.917.